The van der Waals surface area contributed by atoms with Gasteiger partial charge in [-0.2, -0.15) is 0 Å². The summed E-state index contributed by atoms with van der Waals surface area (Å²) in [6.07, 6.45) is 6.10. The average Bonchev–Trinajstić information content (AvgIpc) is 2.32. The molecule has 1 heterocycles. The third-order valence-corrected chi connectivity index (χ3v) is 2.76. The number of hydrogen-bond donors (Lipinski definition) is 3. The van der Waals surface area contributed by atoms with Gasteiger partial charge in [0.1, 0.15) is 5.75 Å². The predicted molar refractivity (Wildman–Crippen MR) is 78.0 cm³/mol. The molecule has 20 heavy (non-hydrogen) atoms. The molecule has 0 fully saturated rings. The summed E-state index contributed by atoms with van der Waals surface area (Å²) < 4.78 is 0. The van der Waals surface area contributed by atoms with Crippen molar-refractivity contribution in [2.75, 3.05) is 6.54 Å². The van der Waals surface area contributed by atoms with Gasteiger partial charge in [0, 0.05) is 18.8 Å². The molecular formula is C15H22N2O3. The van der Waals surface area contributed by atoms with Gasteiger partial charge < -0.3 is 15.5 Å². The predicted octanol–water partition coefficient (Wildman–Crippen LogP) is 1.71. The van der Waals surface area contributed by atoms with E-state index in [-0.39, 0.29) is 17.1 Å². The molecule has 1 amide bonds. The number of pyridine rings is 1. The minimum absolute atomic E-state index is 0.0608. The highest BCUT2D eigenvalue weighted by atomic mass is 16.3. The van der Waals surface area contributed by atoms with Crippen molar-refractivity contribution in [1.29, 1.82) is 0 Å². The van der Waals surface area contributed by atoms with Crippen LogP contribution >= 0.6 is 0 Å². The van der Waals surface area contributed by atoms with Crippen molar-refractivity contribution >= 4 is 12.0 Å². The lowest BCUT2D eigenvalue weighted by Gasteiger charge is -2.26. The fraction of sp³-hybridized carbons (Fsp3) is 0.467. The highest BCUT2D eigenvalue weighted by Crippen LogP contribution is 2.21. The quantitative estimate of drug-likeness (QED) is 0.692. The lowest BCUT2D eigenvalue weighted by molar-refractivity contribution is -0.117. The lowest BCUT2D eigenvalue weighted by Crippen LogP contribution is -2.34. The fourth-order valence-corrected chi connectivity index (χ4v) is 1.97. The first kappa shape index (κ1) is 16.2. The number of aromatic nitrogens is 1. The maximum Gasteiger partial charge on any atom is 0.244 e. The van der Waals surface area contributed by atoms with Crippen molar-refractivity contribution in [2.24, 2.45) is 5.41 Å². The Morgan fingerprint density at radius 2 is 2.20 bits per heavy atom. The van der Waals surface area contributed by atoms with Gasteiger partial charge in [-0.15, -0.1) is 0 Å². The van der Waals surface area contributed by atoms with Crippen molar-refractivity contribution in [3.63, 3.8) is 0 Å². The van der Waals surface area contributed by atoms with Crippen molar-refractivity contribution < 1.29 is 15.0 Å². The Hall–Kier alpha value is -1.88. The molecule has 5 heteroatoms. The first-order valence-corrected chi connectivity index (χ1v) is 6.56. The number of nitrogens with one attached hydrogen (secondary N) is 1. The zero-order valence-electron chi connectivity index (χ0n) is 12.1. The van der Waals surface area contributed by atoms with Crippen LogP contribution in [0.15, 0.2) is 24.5 Å². The fourth-order valence-electron chi connectivity index (χ4n) is 1.97. The maximum atomic E-state index is 11.7. The number of aromatic hydroxyl groups is 1. The average molecular weight is 278 g/mol. The van der Waals surface area contributed by atoms with E-state index in [4.69, 9.17) is 0 Å². The molecule has 0 radical (unpaired) electrons. The van der Waals surface area contributed by atoms with Crippen molar-refractivity contribution in [1.82, 2.24) is 10.3 Å². The Morgan fingerprint density at radius 3 is 2.80 bits per heavy atom. The monoisotopic (exact) mass is 278 g/mol. The standard InChI is InChI=1S/C15H22N2O3/c1-11(18)7-15(2,3)10-17-14(20)5-4-12-6-13(19)9-16-8-12/h4-6,8-9,11,18-19H,7,10H2,1-3H3,(H,17,20)/b5-4+. The molecule has 1 aromatic rings. The molecule has 0 bridgehead atoms. The normalized spacial score (nSPS) is 13.4. The van der Waals surface area contributed by atoms with Gasteiger partial charge >= 0.3 is 0 Å². The summed E-state index contributed by atoms with van der Waals surface area (Å²) in [4.78, 5) is 15.5. The number of carbonyl (C=O) groups is 1. The Morgan fingerprint density at radius 1 is 1.50 bits per heavy atom. The van der Waals surface area contributed by atoms with Crippen LogP contribution in [0.4, 0.5) is 0 Å². The van der Waals surface area contributed by atoms with Crippen molar-refractivity contribution in [3.8, 4) is 5.75 Å². The highest BCUT2D eigenvalue weighted by Gasteiger charge is 2.20. The van der Waals surface area contributed by atoms with E-state index in [1.165, 1.54) is 18.3 Å². The van der Waals surface area contributed by atoms with Crippen LogP contribution in [0.3, 0.4) is 0 Å². The van der Waals surface area contributed by atoms with E-state index in [0.717, 1.165) is 0 Å². The Balaban J connectivity index is 2.48. The second-order valence-electron chi connectivity index (χ2n) is 5.74. The van der Waals surface area contributed by atoms with Crippen LogP contribution < -0.4 is 5.32 Å². The molecule has 0 saturated heterocycles. The smallest absolute Gasteiger partial charge is 0.244 e. The molecule has 1 rings (SSSR count). The number of aliphatic hydroxyl groups excluding tert-OH is 1. The summed E-state index contributed by atoms with van der Waals surface area (Å²) in [5.41, 5.74) is 0.493. The van der Waals surface area contributed by atoms with E-state index < -0.39 is 6.10 Å². The summed E-state index contributed by atoms with van der Waals surface area (Å²) in [6.45, 7) is 6.20. The van der Waals surface area contributed by atoms with Gasteiger partial charge in [-0.1, -0.05) is 13.8 Å². The van der Waals surface area contributed by atoms with Gasteiger partial charge in [-0.05, 0) is 36.5 Å². The maximum absolute atomic E-state index is 11.7. The van der Waals surface area contributed by atoms with Gasteiger partial charge in [0.05, 0.1) is 12.3 Å². The molecule has 0 saturated carbocycles. The molecule has 1 atom stereocenters. The van der Waals surface area contributed by atoms with Gasteiger partial charge in [0.2, 0.25) is 5.91 Å². The van der Waals surface area contributed by atoms with Crippen LogP contribution in [0.25, 0.3) is 6.08 Å². The molecule has 1 aromatic heterocycles. The van der Waals surface area contributed by atoms with Gasteiger partial charge in [0.15, 0.2) is 0 Å². The molecule has 0 aliphatic carbocycles. The summed E-state index contributed by atoms with van der Waals surface area (Å²) >= 11 is 0. The van der Waals surface area contributed by atoms with Crippen molar-refractivity contribution in [2.45, 2.75) is 33.3 Å². The van der Waals surface area contributed by atoms with Crippen LogP contribution in [-0.2, 0) is 4.79 Å². The van der Waals surface area contributed by atoms with Crippen LogP contribution in [-0.4, -0.2) is 33.8 Å². The van der Waals surface area contributed by atoms with Gasteiger partial charge in [-0.25, -0.2) is 0 Å². The summed E-state index contributed by atoms with van der Waals surface area (Å²) in [6, 6.07) is 1.52. The highest BCUT2D eigenvalue weighted by molar-refractivity contribution is 5.91. The van der Waals surface area contributed by atoms with Crippen LogP contribution in [0.2, 0.25) is 0 Å². The SMILES string of the molecule is CC(O)CC(C)(C)CNC(=O)/C=C/c1cncc(O)c1. The molecule has 0 aliphatic heterocycles. The number of aliphatic hydroxyl groups is 1. The number of carbonyl (C=O) groups excluding carboxylic acids is 1. The van der Waals surface area contributed by atoms with E-state index in [9.17, 15) is 15.0 Å². The number of rotatable bonds is 6. The van der Waals surface area contributed by atoms with Crippen molar-refractivity contribution in [3.05, 3.63) is 30.1 Å². The molecule has 5 nitrogen and oxygen atoms in total. The molecule has 0 aliphatic rings. The largest absolute Gasteiger partial charge is 0.506 e. The minimum Gasteiger partial charge on any atom is -0.506 e. The number of nitrogens with zero attached hydrogens (tertiary/aromatic N) is 1. The molecule has 0 spiro atoms. The molecule has 3 N–H and O–H groups in total. The summed E-state index contributed by atoms with van der Waals surface area (Å²) in [5, 5.41) is 21.4. The zero-order chi connectivity index (χ0) is 15.2. The summed E-state index contributed by atoms with van der Waals surface area (Å²) in [7, 11) is 0. The number of amides is 1. The Labute approximate surface area is 119 Å². The van der Waals surface area contributed by atoms with E-state index in [2.05, 4.69) is 10.3 Å². The third-order valence-electron chi connectivity index (χ3n) is 2.76. The van der Waals surface area contributed by atoms with E-state index in [1.54, 1.807) is 19.2 Å². The van der Waals surface area contributed by atoms with Crippen LogP contribution in [0.5, 0.6) is 5.75 Å². The first-order chi connectivity index (χ1) is 9.28. The van der Waals surface area contributed by atoms with E-state index in [0.29, 0.717) is 18.5 Å². The topological polar surface area (TPSA) is 82.5 Å². The minimum atomic E-state index is -0.393. The third kappa shape index (κ3) is 6.33. The van der Waals surface area contributed by atoms with Crippen LogP contribution in [0, 0.1) is 5.41 Å². The molecule has 1 unspecified atom stereocenters. The van der Waals surface area contributed by atoms with E-state index in [1.807, 2.05) is 13.8 Å². The first-order valence-electron chi connectivity index (χ1n) is 6.56. The molecule has 110 valence electrons. The molecular weight excluding hydrogens is 256 g/mol. The second kappa shape index (κ2) is 7.05. The Kier molecular flexibility index (Phi) is 5.70. The van der Waals surface area contributed by atoms with Gasteiger partial charge in [-0.3, -0.25) is 9.78 Å². The second-order valence-corrected chi connectivity index (χ2v) is 5.74. The summed E-state index contributed by atoms with van der Waals surface area (Å²) in [5.74, 6) is -0.155. The lowest BCUT2D eigenvalue weighted by atomic mass is 9.87. The zero-order valence-corrected chi connectivity index (χ0v) is 12.1. The van der Waals surface area contributed by atoms with Gasteiger partial charge in [0.25, 0.3) is 0 Å². The van der Waals surface area contributed by atoms with E-state index >= 15 is 0 Å². The molecule has 0 aromatic carbocycles. The number of hydrogen-bond acceptors (Lipinski definition) is 4. The van der Waals surface area contributed by atoms with Crippen LogP contribution in [0.1, 0.15) is 32.8 Å². The Bertz CT molecular complexity index is 482.